The zero-order valence-electron chi connectivity index (χ0n) is 13.2. The summed E-state index contributed by atoms with van der Waals surface area (Å²) in [5.41, 5.74) is 2.07. The van der Waals surface area contributed by atoms with Crippen LogP contribution in [0.25, 0.3) is 0 Å². The maximum absolute atomic E-state index is 11.1. The zero-order valence-corrected chi connectivity index (χ0v) is 13.2. The number of ether oxygens (including phenoxy) is 1. The van der Waals surface area contributed by atoms with Crippen LogP contribution in [0.3, 0.4) is 0 Å². The Kier molecular flexibility index (Phi) is 5.22. The highest BCUT2D eigenvalue weighted by Crippen LogP contribution is 2.27. The van der Waals surface area contributed by atoms with Gasteiger partial charge in [0.15, 0.2) is 0 Å². The highest BCUT2D eigenvalue weighted by molar-refractivity contribution is 5.46. The number of β-amino-alcohol motifs (C(OH)–C–C–N with tert-alkyl or cyclic N) is 1. The van der Waals surface area contributed by atoms with Crippen LogP contribution < -0.4 is 0 Å². The van der Waals surface area contributed by atoms with Crippen LogP contribution in [-0.2, 0) is 17.7 Å². The maximum atomic E-state index is 11.1. The molecule has 1 saturated heterocycles. The molecule has 2 aliphatic heterocycles. The van der Waals surface area contributed by atoms with Gasteiger partial charge in [-0.05, 0) is 12.0 Å². The number of aliphatic hydroxyl groups excluding tert-OH is 1. The number of hydrogen-bond acceptors (Lipinski definition) is 6. The molecule has 0 saturated carbocycles. The van der Waals surface area contributed by atoms with Gasteiger partial charge in [0.1, 0.15) is 0 Å². The highest BCUT2D eigenvalue weighted by Gasteiger charge is 2.25. The second-order valence-electron chi connectivity index (χ2n) is 6.22. The van der Waals surface area contributed by atoms with E-state index in [4.69, 9.17) is 4.74 Å². The van der Waals surface area contributed by atoms with E-state index in [2.05, 4.69) is 9.80 Å². The lowest BCUT2D eigenvalue weighted by Crippen LogP contribution is -2.45. The van der Waals surface area contributed by atoms with Gasteiger partial charge in [-0.2, -0.15) is 0 Å². The summed E-state index contributed by atoms with van der Waals surface area (Å²) in [4.78, 5) is 15.2. The van der Waals surface area contributed by atoms with E-state index < -0.39 is 6.10 Å². The van der Waals surface area contributed by atoms with E-state index in [0.717, 1.165) is 44.0 Å². The molecule has 126 valence electrons. The maximum Gasteiger partial charge on any atom is 0.272 e. The van der Waals surface area contributed by atoms with Crippen molar-refractivity contribution in [3.8, 4) is 0 Å². The van der Waals surface area contributed by atoms with Crippen LogP contribution in [0.15, 0.2) is 18.2 Å². The average Bonchev–Trinajstić information content (AvgIpc) is 2.54. The Morgan fingerprint density at radius 1 is 1.22 bits per heavy atom. The summed E-state index contributed by atoms with van der Waals surface area (Å²) in [6, 6.07) is 5.26. The molecule has 2 heterocycles. The van der Waals surface area contributed by atoms with Crippen LogP contribution in [0.1, 0.15) is 11.1 Å². The van der Waals surface area contributed by atoms with E-state index in [1.165, 1.54) is 0 Å². The van der Waals surface area contributed by atoms with Gasteiger partial charge in [0.25, 0.3) is 5.69 Å². The molecule has 1 atom stereocenters. The Hall–Kier alpha value is -1.54. The van der Waals surface area contributed by atoms with Crippen molar-refractivity contribution in [1.82, 2.24) is 9.80 Å². The van der Waals surface area contributed by atoms with Gasteiger partial charge < -0.3 is 9.84 Å². The van der Waals surface area contributed by atoms with Crippen molar-refractivity contribution in [3.63, 3.8) is 0 Å². The van der Waals surface area contributed by atoms with Gasteiger partial charge in [0.05, 0.1) is 24.2 Å². The van der Waals surface area contributed by atoms with E-state index >= 15 is 0 Å². The van der Waals surface area contributed by atoms with Crippen LogP contribution >= 0.6 is 0 Å². The lowest BCUT2D eigenvalue weighted by atomic mass is 9.97. The summed E-state index contributed by atoms with van der Waals surface area (Å²) in [7, 11) is 0. The second-order valence-corrected chi connectivity index (χ2v) is 6.22. The quantitative estimate of drug-likeness (QED) is 0.633. The third-order valence-electron chi connectivity index (χ3n) is 4.56. The van der Waals surface area contributed by atoms with E-state index in [1.54, 1.807) is 12.1 Å². The molecule has 0 aliphatic carbocycles. The molecule has 1 aromatic rings. The van der Waals surface area contributed by atoms with Gasteiger partial charge in [0.2, 0.25) is 0 Å². The summed E-state index contributed by atoms with van der Waals surface area (Å²) in [6.07, 6.45) is 0.255. The molecule has 1 unspecified atom stereocenters. The highest BCUT2D eigenvalue weighted by atomic mass is 16.6. The monoisotopic (exact) mass is 321 g/mol. The van der Waals surface area contributed by atoms with Gasteiger partial charge in [-0.25, -0.2) is 0 Å². The smallest absolute Gasteiger partial charge is 0.272 e. The van der Waals surface area contributed by atoms with Crippen molar-refractivity contribution in [3.05, 3.63) is 39.4 Å². The van der Waals surface area contributed by atoms with Gasteiger partial charge >= 0.3 is 0 Å². The van der Waals surface area contributed by atoms with Crippen molar-refractivity contribution >= 4 is 5.69 Å². The normalized spacial score (nSPS) is 20.9. The summed E-state index contributed by atoms with van der Waals surface area (Å²) in [5, 5.41) is 21.4. The molecular formula is C16H23N3O4. The van der Waals surface area contributed by atoms with Gasteiger partial charge in [-0.15, -0.1) is 0 Å². The Balaban J connectivity index is 1.57. The lowest BCUT2D eigenvalue weighted by Gasteiger charge is -2.33. The Morgan fingerprint density at radius 2 is 1.96 bits per heavy atom. The number of morpholine rings is 1. The second kappa shape index (κ2) is 7.35. The summed E-state index contributed by atoms with van der Waals surface area (Å²) < 4.78 is 5.31. The van der Waals surface area contributed by atoms with Crippen LogP contribution in [0.4, 0.5) is 5.69 Å². The molecule has 0 bridgehead atoms. The summed E-state index contributed by atoms with van der Waals surface area (Å²) in [5.74, 6) is 0. The minimum atomic E-state index is -0.409. The fourth-order valence-electron chi connectivity index (χ4n) is 3.41. The van der Waals surface area contributed by atoms with Gasteiger partial charge in [0, 0.05) is 50.9 Å². The van der Waals surface area contributed by atoms with Crippen molar-refractivity contribution in [2.45, 2.75) is 19.1 Å². The molecule has 23 heavy (non-hydrogen) atoms. The van der Waals surface area contributed by atoms with E-state index in [1.807, 2.05) is 6.07 Å². The average molecular weight is 321 g/mol. The number of aliphatic hydroxyl groups is 1. The number of nitro groups is 1. The van der Waals surface area contributed by atoms with Crippen LogP contribution in [0.5, 0.6) is 0 Å². The number of rotatable bonds is 5. The molecular weight excluding hydrogens is 298 g/mol. The Bertz CT molecular complexity index is 560. The summed E-state index contributed by atoms with van der Waals surface area (Å²) in [6.45, 7) is 5.86. The third kappa shape index (κ3) is 4.06. The largest absolute Gasteiger partial charge is 0.390 e. The molecule has 1 fully saturated rings. The fraction of sp³-hybridized carbons (Fsp3) is 0.625. The minimum Gasteiger partial charge on any atom is -0.390 e. The van der Waals surface area contributed by atoms with E-state index in [9.17, 15) is 15.2 Å². The van der Waals surface area contributed by atoms with Gasteiger partial charge in [-0.1, -0.05) is 12.1 Å². The predicted molar refractivity (Wildman–Crippen MR) is 85.3 cm³/mol. The zero-order chi connectivity index (χ0) is 16.2. The molecule has 7 nitrogen and oxygen atoms in total. The molecule has 0 aromatic heterocycles. The first kappa shape index (κ1) is 16.3. The molecule has 0 amide bonds. The SMILES string of the molecule is O=[N+]([O-])c1cccc2c1CCN(CC(O)CN1CCOCC1)C2. The standard InChI is InChI=1S/C16H23N3O4/c20-14(11-17-6-8-23-9-7-17)12-18-5-4-15-13(10-18)2-1-3-16(15)19(21)22/h1-3,14,20H,4-12H2. The Labute approximate surface area is 135 Å². The first-order valence-electron chi connectivity index (χ1n) is 8.09. The van der Waals surface area contributed by atoms with Crippen LogP contribution in [0, 0.1) is 10.1 Å². The van der Waals surface area contributed by atoms with Crippen LogP contribution in [0.2, 0.25) is 0 Å². The number of nitrogens with zero attached hydrogens (tertiary/aromatic N) is 3. The van der Waals surface area contributed by atoms with E-state index in [-0.39, 0.29) is 10.6 Å². The first-order valence-corrected chi connectivity index (χ1v) is 8.09. The van der Waals surface area contributed by atoms with Crippen molar-refractivity contribution in [1.29, 1.82) is 0 Å². The predicted octanol–water partition coefficient (Wildman–Crippen LogP) is 0.646. The number of benzene rings is 1. The fourth-order valence-corrected chi connectivity index (χ4v) is 3.41. The van der Waals surface area contributed by atoms with E-state index in [0.29, 0.717) is 26.1 Å². The van der Waals surface area contributed by atoms with Crippen molar-refractivity contribution in [2.24, 2.45) is 0 Å². The molecule has 3 rings (SSSR count). The molecule has 0 radical (unpaired) electrons. The third-order valence-corrected chi connectivity index (χ3v) is 4.56. The molecule has 0 spiro atoms. The number of fused-ring (bicyclic) bond motifs is 1. The summed E-state index contributed by atoms with van der Waals surface area (Å²) >= 11 is 0. The van der Waals surface area contributed by atoms with Crippen LogP contribution in [-0.4, -0.2) is 71.9 Å². The molecule has 1 aromatic carbocycles. The molecule has 2 aliphatic rings. The first-order chi connectivity index (χ1) is 11.1. The minimum absolute atomic E-state index is 0.219. The Morgan fingerprint density at radius 3 is 2.70 bits per heavy atom. The number of hydrogen-bond donors (Lipinski definition) is 1. The molecule has 1 N–H and O–H groups in total. The topological polar surface area (TPSA) is 79.1 Å². The van der Waals surface area contributed by atoms with Crippen molar-refractivity contribution in [2.75, 3.05) is 45.9 Å². The van der Waals surface area contributed by atoms with Gasteiger partial charge in [-0.3, -0.25) is 19.9 Å². The number of nitro benzene ring substituents is 1. The lowest BCUT2D eigenvalue weighted by molar-refractivity contribution is -0.385. The van der Waals surface area contributed by atoms with Crippen molar-refractivity contribution < 1.29 is 14.8 Å². The molecule has 7 heteroatoms.